The van der Waals surface area contributed by atoms with E-state index in [-0.39, 0.29) is 0 Å². The zero-order chi connectivity index (χ0) is 15.1. The number of H-pyrrole nitrogens is 1. The highest BCUT2D eigenvalue weighted by atomic mass is 32.2. The lowest BCUT2D eigenvalue weighted by atomic mass is 10.3. The zero-order valence-electron chi connectivity index (χ0n) is 11.9. The molecule has 2 aromatic rings. The van der Waals surface area contributed by atoms with Gasteiger partial charge in [-0.2, -0.15) is 0 Å². The number of hydrogen-bond acceptors (Lipinski definition) is 5. The van der Waals surface area contributed by atoms with E-state index in [1.54, 1.807) is 18.5 Å². The summed E-state index contributed by atoms with van der Waals surface area (Å²) in [6, 6.07) is 3.55. The lowest BCUT2D eigenvalue weighted by Gasteiger charge is -2.03. The molecule has 0 bridgehead atoms. The predicted molar refractivity (Wildman–Crippen MR) is 84.0 cm³/mol. The molecule has 2 heterocycles. The van der Waals surface area contributed by atoms with Gasteiger partial charge in [0.1, 0.15) is 10.0 Å². The second-order valence-corrected chi connectivity index (χ2v) is 7.67. The van der Waals surface area contributed by atoms with E-state index in [0.717, 1.165) is 30.2 Å². The molecule has 0 radical (unpaired) electrons. The molecule has 6 nitrogen and oxygen atoms in total. The molecule has 0 aliphatic heterocycles. The molecule has 21 heavy (non-hydrogen) atoms. The van der Waals surface area contributed by atoms with Gasteiger partial charge in [-0.15, -0.1) is 11.3 Å². The first kappa shape index (κ1) is 16.2. The van der Waals surface area contributed by atoms with Crippen molar-refractivity contribution in [2.24, 2.45) is 0 Å². The summed E-state index contributed by atoms with van der Waals surface area (Å²) in [5.41, 5.74) is 0. The van der Waals surface area contributed by atoms with Crippen molar-refractivity contribution in [1.29, 1.82) is 0 Å². The molecule has 0 fully saturated rings. The van der Waals surface area contributed by atoms with Crippen LogP contribution in [-0.4, -0.2) is 38.0 Å². The predicted octanol–water partition coefficient (Wildman–Crippen LogP) is 1.14. The molecule has 3 N–H and O–H groups in total. The lowest BCUT2D eigenvalue weighted by Crippen LogP contribution is -2.25. The Hall–Kier alpha value is -1.22. The molecule has 0 aromatic carbocycles. The molecule has 0 unspecified atom stereocenters. The van der Waals surface area contributed by atoms with Crippen molar-refractivity contribution in [3.05, 3.63) is 35.2 Å². The maximum Gasteiger partial charge on any atom is 0.250 e. The third-order valence-electron chi connectivity index (χ3n) is 2.91. The fourth-order valence-electron chi connectivity index (χ4n) is 1.84. The number of nitrogens with one attached hydrogen (secondary N) is 3. The molecule has 2 rings (SSSR count). The summed E-state index contributed by atoms with van der Waals surface area (Å²) >= 11 is 1.32. The smallest absolute Gasteiger partial charge is 0.250 e. The summed E-state index contributed by atoms with van der Waals surface area (Å²) in [7, 11) is -3.42. The molecule has 116 valence electrons. The van der Waals surface area contributed by atoms with Crippen LogP contribution in [0.15, 0.2) is 28.7 Å². The molecular formula is C13H20N4O2S2. The number of rotatable bonds is 9. The Kier molecular flexibility index (Phi) is 5.92. The van der Waals surface area contributed by atoms with E-state index in [0.29, 0.717) is 17.2 Å². The van der Waals surface area contributed by atoms with Gasteiger partial charge in [-0.1, -0.05) is 6.92 Å². The van der Waals surface area contributed by atoms with Crippen LogP contribution in [0.3, 0.4) is 0 Å². The van der Waals surface area contributed by atoms with Gasteiger partial charge in [0.25, 0.3) is 0 Å². The average Bonchev–Trinajstić information content (AvgIpc) is 3.10. The summed E-state index contributed by atoms with van der Waals surface area (Å²) < 4.78 is 27.3. The molecule has 0 aliphatic rings. The minimum Gasteiger partial charge on any atom is -0.349 e. The number of imidazole rings is 1. The lowest BCUT2D eigenvalue weighted by molar-refractivity contribution is 0.583. The summed E-state index contributed by atoms with van der Waals surface area (Å²) in [6.07, 6.45) is 4.77. The largest absolute Gasteiger partial charge is 0.349 e. The number of aromatic nitrogens is 2. The summed E-state index contributed by atoms with van der Waals surface area (Å²) in [6.45, 7) is 4.17. The van der Waals surface area contributed by atoms with Crippen molar-refractivity contribution in [2.75, 3.05) is 19.6 Å². The maximum absolute atomic E-state index is 12.2. The Morgan fingerprint density at radius 1 is 1.29 bits per heavy atom. The normalized spacial score (nSPS) is 11.9. The number of sulfonamides is 1. The van der Waals surface area contributed by atoms with Gasteiger partial charge in [-0.05, 0) is 31.6 Å². The Labute approximate surface area is 129 Å². The number of thiophene rings is 1. The van der Waals surface area contributed by atoms with E-state index in [2.05, 4.69) is 20.0 Å². The quantitative estimate of drug-likeness (QED) is 0.603. The van der Waals surface area contributed by atoms with Gasteiger partial charge in [0, 0.05) is 30.2 Å². The Morgan fingerprint density at radius 2 is 2.14 bits per heavy atom. The third-order valence-corrected chi connectivity index (χ3v) is 6.01. The first-order chi connectivity index (χ1) is 10.1. The maximum atomic E-state index is 12.2. The fraction of sp³-hybridized carbons (Fsp3) is 0.462. The minimum atomic E-state index is -3.42. The number of aromatic amines is 1. The van der Waals surface area contributed by atoms with Crippen LogP contribution in [0.5, 0.6) is 0 Å². The minimum absolute atomic E-state index is 0.334. The van der Waals surface area contributed by atoms with Crippen LogP contribution in [0.25, 0.3) is 0 Å². The van der Waals surface area contributed by atoms with Crippen molar-refractivity contribution < 1.29 is 8.42 Å². The Bertz CT molecular complexity index is 635. The van der Waals surface area contributed by atoms with Crippen LogP contribution < -0.4 is 10.0 Å². The molecule has 0 spiro atoms. The Morgan fingerprint density at radius 3 is 2.86 bits per heavy atom. The molecule has 0 amide bonds. The van der Waals surface area contributed by atoms with Crippen LogP contribution in [0.1, 0.15) is 17.6 Å². The first-order valence-electron chi connectivity index (χ1n) is 6.89. The van der Waals surface area contributed by atoms with E-state index in [9.17, 15) is 8.42 Å². The zero-order valence-corrected chi connectivity index (χ0v) is 13.6. The van der Waals surface area contributed by atoms with E-state index < -0.39 is 10.0 Å². The topological polar surface area (TPSA) is 86.9 Å². The van der Waals surface area contributed by atoms with Crippen molar-refractivity contribution in [1.82, 2.24) is 20.0 Å². The third kappa shape index (κ3) is 4.92. The van der Waals surface area contributed by atoms with Gasteiger partial charge in [0.15, 0.2) is 0 Å². The molecule has 2 aromatic heterocycles. The number of likely N-dealkylation sites (N-methyl/N-ethyl adjacent to an activating group) is 1. The van der Waals surface area contributed by atoms with Crippen molar-refractivity contribution in [3.63, 3.8) is 0 Å². The van der Waals surface area contributed by atoms with Gasteiger partial charge < -0.3 is 10.3 Å². The van der Waals surface area contributed by atoms with Crippen LogP contribution >= 0.6 is 11.3 Å². The van der Waals surface area contributed by atoms with E-state index in [1.807, 2.05) is 13.0 Å². The molecule has 0 saturated carbocycles. The molecule has 8 heteroatoms. The van der Waals surface area contributed by atoms with Crippen LogP contribution in [0, 0.1) is 0 Å². The SMILES string of the molecule is CCNCCc1ccc(S(=O)(=O)NCCc2ncc[nH]2)s1. The van der Waals surface area contributed by atoms with Crippen LogP contribution in [0.4, 0.5) is 0 Å². The van der Waals surface area contributed by atoms with Crippen molar-refractivity contribution in [3.8, 4) is 0 Å². The molecule has 0 saturated heterocycles. The van der Waals surface area contributed by atoms with Gasteiger partial charge >= 0.3 is 0 Å². The van der Waals surface area contributed by atoms with Crippen LogP contribution in [0.2, 0.25) is 0 Å². The number of nitrogens with zero attached hydrogens (tertiary/aromatic N) is 1. The Balaban J connectivity index is 1.86. The van der Waals surface area contributed by atoms with Gasteiger partial charge in [-0.3, -0.25) is 0 Å². The molecule has 0 aliphatic carbocycles. The van der Waals surface area contributed by atoms with Gasteiger partial charge in [0.05, 0.1) is 0 Å². The second kappa shape index (κ2) is 7.69. The molecular weight excluding hydrogens is 308 g/mol. The average molecular weight is 328 g/mol. The van der Waals surface area contributed by atoms with Crippen molar-refractivity contribution in [2.45, 2.75) is 24.0 Å². The highest BCUT2D eigenvalue weighted by molar-refractivity contribution is 7.91. The highest BCUT2D eigenvalue weighted by Gasteiger charge is 2.16. The highest BCUT2D eigenvalue weighted by Crippen LogP contribution is 2.21. The fourth-order valence-corrected chi connectivity index (χ4v) is 4.27. The summed E-state index contributed by atoms with van der Waals surface area (Å²) in [4.78, 5) is 8.08. The van der Waals surface area contributed by atoms with E-state index in [1.165, 1.54) is 11.3 Å². The number of hydrogen-bond donors (Lipinski definition) is 3. The molecule has 0 atom stereocenters. The van der Waals surface area contributed by atoms with E-state index >= 15 is 0 Å². The van der Waals surface area contributed by atoms with Gasteiger partial charge in [0.2, 0.25) is 10.0 Å². The first-order valence-corrected chi connectivity index (χ1v) is 9.19. The van der Waals surface area contributed by atoms with E-state index in [4.69, 9.17) is 0 Å². The monoisotopic (exact) mass is 328 g/mol. The summed E-state index contributed by atoms with van der Waals surface area (Å²) in [5.74, 6) is 0.773. The second-order valence-electron chi connectivity index (χ2n) is 4.51. The van der Waals surface area contributed by atoms with Crippen molar-refractivity contribution >= 4 is 21.4 Å². The van der Waals surface area contributed by atoms with Crippen LogP contribution in [-0.2, 0) is 22.9 Å². The summed E-state index contributed by atoms with van der Waals surface area (Å²) in [5, 5.41) is 3.23. The van der Waals surface area contributed by atoms with Gasteiger partial charge in [-0.25, -0.2) is 18.1 Å². The standard InChI is InChI=1S/C13H20N4O2S2/c1-2-14-7-5-11-3-4-13(20-11)21(18,19)17-8-6-12-15-9-10-16-12/h3-4,9-10,14,17H,2,5-8H2,1H3,(H,15,16).